The van der Waals surface area contributed by atoms with Gasteiger partial charge in [0.05, 0.1) is 10.8 Å². The van der Waals surface area contributed by atoms with Gasteiger partial charge in [0.2, 0.25) is 0 Å². The fourth-order valence-corrected chi connectivity index (χ4v) is 19.8. The van der Waals surface area contributed by atoms with Crippen molar-refractivity contribution in [3.8, 4) is 0 Å². The lowest BCUT2D eigenvalue weighted by Crippen LogP contribution is -2.47. The normalized spacial score (nSPS) is 44.5. The second-order valence-electron chi connectivity index (χ2n) is 24.0. The number of carboxylic acids is 1. The van der Waals surface area contributed by atoms with Gasteiger partial charge in [-0.3, -0.25) is 24.0 Å². The highest BCUT2D eigenvalue weighted by Gasteiger charge is 2.73. The molecule has 0 aromatic rings. The lowest BCUT2D eigenvalue weighted by Gasteiger charge is -2.47. The third-order valence-corrected chi connectivity index (χ3v) is 20.7. The number of hydrogen-bond acceptors (Lipinski definition) is 8. The van der Waals surface area contributed by atoms with Crippen molar-refractivity contribution in [1.82, 2.24) is 0 Å². The van der Waals surface area contributed by atoms with Gasteiger partial charge in [-0.1, -0.05) is 71.8 Å². The second kappa shape index (κ2) is 21.9. The molecule has 12 saturated carbocycles. The molecule has 12 rings (SSSR count). The minimum atomic E-state index is -0.833. The highest BCUT2D eigenvalue weighted by Crippen LogP contribution is 2.78. The molecule has 67 heavy (non-hydrogen) atoms. The summed E-state index contributed by atoms with van der Waals surface area (Å²) < 4.78 is 16.9. The minimum Gasteiger partial charge on any atom is -0.481 e. The Morgan fingerprint density at radius 2 is 0.836 bits per heavy atom. The van der Waals surface area contributed by atoms with Crippen LogP contribution < -0.4 is 0 Å². The lowest BCUT2D eigenvalue weighted by molar-refractivity contribution is -0.174. The molecule has 0 saturated heterocycles. The lowest BCUT2D eigenvalue weighted by atomic mass is 9.59. The molecule has 1 N–H and O–H groups in total. The van der Waals surface area contributed by atoms with Crippen molar-refractivity contribution in [2.24, 2.45) is 129 Å². The third-order valence-electron chi connectivity index (χ3n) is 20.7. The van der Waals surface area contributed by atoms with Crippen LogP contribution in [0.15, 0.2) is 0 Å². The van der Waals surface area contributed by atoms with Gasteiger partial charge in [0.1, 0.15) is 12.2 Å². The van der Waals surface area contributed by atoms with E-state index in [9.17, 15) is 19.2 Å². The van der Waals surface area contributed by atoms with E-state index >= 15 is 0 Å². The van der Waals surface area contributed by atoms with E-state index < -0.39 is 22.8 Å². The number of esters is 3. The Morgan fingerprint density at radius 3 is 1.15 bits per heavy atom. The van der Waals surface area contributed by atoms with Crippen LogP contribution in [0.25, 0.3) is 0 Å². The van der Waals surface area contributed by atoms with Crippen LogP contribution in [-0.2, 0) is 38.2 Å². The summed E-state index contributed by atoms with van der Waals surface area (Å²) in [6.45, 7) is 14.9. The summed E-state index contributed by atoms with van der Waals surface area (Å²) in [7, 11) is 0. The van der Waals surface area contributed by atoms with Crippen molar-refractivity contribution in [3.05, 3.63) is 0 Å². The molecule has 9 heteroatoms. The third kappa shape index (κ3) is 9.46. The van der Waals surface area contributed by atoms with Crippen molar-refractivity contribution >= 4 is 30.3 Å². The zero-order valence-corrected chi connectivity index (χ0v) is 38.6. The Hall–Kier alpha value is -2.45. The van der Waals surface area contributed by atoms with Gasteiger partial charge in [0, 0.05) is 13.8 Å². The summed E-state index contributed by atoms with van der Waals surface area (Å²) in [4.78, 5) is 56.0. The molecule has 12 aliphatic carbocycles. The van der Waals surface area contributed by atoms with E-state index in [2.05, 4.69) is 32.4 Å². The largest absolute Gasteiger partial charge is 0.481 e. The van der Waals surface area contributed by atoms with Crippen molar-refractivity contribution in [2.75, 3.05) is 0 Å². The topological polar surface area (TPSA) is 133 Å². The SMILES string of the molecule is C.C.C.C.C.C.CC(=O)O.CC(=O)OC=O.CCC.CCC(C)(CC(C)(C)C(=O)OC1CC2CC1C1C3CC(C4C5CCC(C5)C34)C21)C(=O)OC1CC2CC1C1C3CC(C4C5CCC(C5)C34)C21. The smallest absolute Gasteiger partial charge is 0.312 e. The Labute approximate surface area is 409 Å². The maximum absolute atomic E-state index is 14.2. The van der Waals surface area contributed by atoms with Crippen LogP contribution in [0, 0.1) is 129 Å². The van der Waals surface area contributed by atoms with Gasteiger partial charge >= 0.3 is 24.4 Å². The highest BCUT2D eigenvalue weighted by molar-refractivity contribution is 5.80. The first kappa shape index (κ1) is 58.9. The average Bonchev–Trinajstić information content (AvgIpc) is 4.05. The number of aliphatic carboxylic acids is 1. The Bertz CT molecular complexity index is 1720. The summed E-state index contributed by atoms with van der Waals surface area (Å²) in [6, 6.07) is 0. The number of ether oxygens (including phenoxy) is 3. The summed E-state index contributed by atoms with van der Waals surface area (Å²) >= 11 is 0. The molecule has 0 aromatic heterocycles. The number of fused-ring (bicyclic) bond motifs is 32. The average molecular weight is 943 g/mol. The molecule has 0 amide bonds. The van der Waals surface area contributed by atoms with Gasteiger partial charge in [-0.05, 0) is 229 Å². The first-order chi connectivity index (χ1) is 29.0. The van der Waals surface area contributed by atoms with Crippen molar-refractivity contribution in [2.45, 2.75) is 208 Å². The molecular weight excluding hydrogens is 841 g/mol. The molecule has 388 valence electrons. The van der Waals surface area contributed by atoms with Gasteiger partial charge in [-0.15, -0.1) is 0 Å². The fraction of sp³-hybridized carbons (Fsp3) is 0.914. The standard InChI is InChI=1S/C44H62O4.C3H4O3.C3H8.C2H4O2.6CH4/c1-5-44(4,42(46)48-32-15-24-13-26(32)40-30-17-28(38(24)40)34-20-7-9-22(11-20)36(30)34)18-43(2,3)41(45)47-31-14-23-12-25(31)39-29-16-27(37(23)39)33-19-6-8-21(10-19)35(29)33;1-3(5)6-2-4;1-3-2;1-2(3)4;;;;;;/h19-40H,5-18H2,1-4H3;2H,1H3;3H2,1-2H3;1H3,(H,3,4);6*1H4. The zero-order valence-electron chi connectivity index (χ0n) is 38.6. The fourth-order valence-electron chi connectivity index (χ4n) is 19.8. The molecule has 23 unspecified atom stereocenters. The predicted octanol–water partition coefficient (Wildman–Crippen LogP) is 13.8. The zero-order chi connectivity index (χ0) is 43.4. The van der Waals surface area contributed by atoms with Crippen molar-refractivity contribution in [3.63, 3.8) is 0 Å². The number of rotatable bonds is 8. The molecule has 23 atom stereocenters. The van der Waals surface area contributed by atoms with E-state index in [0.717, 1.165) is 133 Å². The molecule has 12 bridgehead atoms. The summed E-state index contributed by atoms with van der Waals surface area (Å²) in [5.74, 6) is 17.0. The molecule has 0 aromatic carbocycles. The number of hydrogen-bond donors (Lipinski definition) is 1. The van der Waals surface area contributed by atoms with Gasteiger partial charge < -0.3 is 19.3 Å². The first-order valence-corrected chi connectivity index (χ1v) is 25.3. The Kier molecular flexibility index (Phi) is 19.2. The first-order valence-electron chi connectivity index (χ1n) is 25.3. The van der Waals surface area contributed by atoms with Gasteiger partial charge in [0.25, 0.3) is 5.97 Å². The van der Waals surface area contributed by atoms with Crippen LogP contribution in [-0.4, -0.2) is 47.7 Å². The van der Waals surface area contributed by atoms with Crippen molar-refractivity contribution < 1.29 is 43.3 Å². The van der Waals surface area contributed by atoms with E-state index in [1.165, 1.54) is 70.6 Å². The van der Waals surface area contributed by atoms with E-state index in [1.807, 2.05) is 13.8 Å². The monoisotopic (exact) mass is 943 g/mol. The summed E-state index contributed by atoms with van der Waals surface area (Å²) in [5.41, 5.74) is -1.36. The Morgan fingerprint density at radius 1 is 0.507 bits per heavy atom. The number of carbonyl (C=O) groups excluding carboxylic acids is 4. The summed E-state index contributed by atoms with van der Waals surface area (Å²) in [6.07, 6.45) is 19.6. The molecule has 0 aliphatic heterocycles. The van der Waals surface area contributed by atoms with E-state index in [-0.39, 0.29) is 75.2 Å². The van der Waals surface area contributed by atoms with E-state index in [1.54, 1.807) is 0 Å². The Balaban J connectivity index is 0.000000563. The molecule has 0 radical (unpaired) electrons. The van der Waals surface area contributed by atoms with Crippen LogP contribution in [0.4, 0.5) is 0 Å². The van der Waals surface area contributed by atoms with Crippen molar-refractivity contribution in [1.29, 1.82) is 0 Å². The maximum atomic E-state index is 14.2. The predicted molar refractivity (Wildman–Crippen MR) is 269 cm³/mol. The molecule has 12 fully saturated rings. The molecule has 0 spiro atoms. The van der Waals surface area contributed by atoms with E-state index in [0.29, 0.717) is 24.7 Å². The van der Waals surface area contributed by atoms with Crippen LogP contribution in [0.5, 0.6) is 0 Å². The second-order valence-corrected chi connectivity index (χ2v) is 24.0. The van der Waals surface area contributed by atoms with Gasteiger partial charge in [-0.2, -0.15) is 0 Å². The molecular formula is C58H102O9. The van der Waals surface area contributed by atoms with Gasteiger partial charge in [0.15, 0.2) is 0 Å². The van der Waals surface area contributed by atoms with Crippen LogP contribution in [0.1, 0.15) is 196 Å². The molecule has 9 nitrogen and oxygen atoms in total. The quantitative estimate of drug-likeness (QED) is 0.0830. The number of carboxylic acid groups (broad SMARTS) is 1. The van der Waals surface area contributed by atoms with Crippen LogP contribution in [0.2, 0.25) is 0 Å². The molecule has 12 aliphatic rings. The maximum Gasteiger partial charge on any atom is 0.312 e. The van der Waals surface area contributed by atoms with Crippen LogP contribution >= 0.6 is 0 Å². The van der Waals surface area contributed by atoms with E-state index in [4.69, 9.17) is 19.4 Å². The molecule has 0 heterocycles. The minimum absolute atomic E-state index is 0. The van der Waals surface area contributed by atoms with Crippen LogP contribution in [0.3, 0.4) is 0 Å². The highest BCUT2D eigenvalue weighted by atomic mass is 16.6. The van der Waals surface area contributed by atoms with Gasteiger partial charge in [-0.25, -0.2) is 0 Å². The number of carbonyl (C=O) groups is 5. The summed E-state index contributed by atoms with van der Waals surface area (Å²) in [5, 5.41) is 7.42.